The van der Waals surface area contributed by atoms with Crippen molar-refractivity contribution in [3.63, 3.8) is 0 Å². The molecule has 1 N–H and O–H groups in total. The number of hydrogen-bond acceptors (Lipinski definition) is 7. The van der Waals surface area contributed by atoms with E-state index in [1.54, 1.807) is 29.8 Å². The van der Waals surface area contributed by atoms with E-state index in [0.717, 1.165) is 73.8 Å². The van der Waals surface area contributed by atoms with Crippen LogP contribution in [0.15, 0.2) is 73.1 Å². The van der Waals surface area contributed by atoms with Gasteiger partial charge in [-0.1, -0.05) is 24.3 Å². The third-order valence-electron chi connectivity index (χ3n) is 7.64. The molecule has 0 saturated carbocycles. The first kappa shape index (κ1) is 27.8. The third-order valence-corrected chi connectivity index (χ3v) is 8.70. The first-order valence-corrected chi connectivity index (χ1v) is 14.7. The van der Waals surface area contributed by atoms with E-state index >= 15 is 0 Å². The van der Waals surface area contributed by atoms with Crippen molar-refractivity contribution in [2.24, 2.45) is 0 Å². The van der Waals surface area contributed by atoms with Crippen molar-refractivity contribution < 1.29 is 13.9 Å². The van der Waals surface area contributed by atoms with Crippen molar-refractivity contribution in [1.29, 1.82) is 0 Å². The minimum Gasteiger partial charge on any atom is -0.489 e. The van der Waals surface area contributed by atoms with Crippen molar-refractivity contribution in [3.05, 3.63) is 95.6 Å². The van der Waals surface area contributed by atoms with E-state index in [-0.39, 0.29) is 11.7 Å². The largest absolute Gasteiger partial charge is 0.489 e. The average molecular weight is 582 g/mol. The Labute approximate surface area is 248 Å². The number of benzene rings is 3. The summed E-state index contributed by atoms with van der Waals surface area (Å²) in [6.07, 6.45) is 6.14. The Morgan fingerprint density at radius 1 is 1.17 bits per heavy atom. The highest BCUT2D eigenvalue weighted by Crippen LogP contribution is 2.38. The summed E-state index contributed by atoms with van der Waals surface area (Å²) in [4.78, 5) is 26.8. The number of carbonyl (C=O) groups is 1. The van der Waals surface area contributed by atoms with Crippen LogP contribution < -0.4 is 10.1 Å². The van der Waals surface area contributed by atoms with Gasteiger partial charge in [0.05, 0.1) is 5.39 Å². The van der Waals surface area contributed by atoms with Crippen LogP contribution >= 0.6 is 11.3 Å². The molecule has 1 fully saturated rings. The Balaban J connectivity index is 1.18. The number of anilines is 2. The van der Waals surface area contributed by atoms with Gasteiger partial charge in [0.1, 0.15) is 35.1 Å². The van der Waals surface area contributed by atoms with Gasteiger partial charge in [-0.2, -0.15) is 0 Å². The first-order valence-electron chi connectivity index (χ1n) is 13.9. The molecule has 5 aromatic rings. The number of nitrogens with zero attached hydrogens (tertiary/aromatic N) is 4. The lowest BCUT2D eigenvalue weighted by Gasteiger charge is -2.19. The Hall–Kier alpha value is -4.34. The Morgan fingerprint density at radius 2 is 2.05 bits per heavy atom. The van der Waals surface area contributed by atoms with E-state index < -0.39 is 0 Å². The molecule has 9 heteroatoms. The number of rotatable bonds is 8. The fourth-order valence-electron chi connectivity index (χ4n) is 5.27. The number of likely N-dealkylation sites (tertiary alicyclic amines) is 1. The van der Waals surface area contributed by atoms with Gasteiger partial charge in [-0.3, -0.25) is 4.79 Å². The standard InChI is InChI=1S/C33H32FN5O2S/c1-21-15-25(9-11-28(21)41-19-23-5-4-6-24(34)16-23)37-32-31-27-10-7-22(17-29(27)42-33(31)36-20-35-32)8-12-30(40)39-14-13-26(18-39)38(2)3/h4-12,15-17,20,26H,13-14,18-19H2,1-3H3,(H,35,36,37)/b12-8+/t26-/m0/s1. The first-order chi connectivity index (χ1) is 20.3. The van der Waals surface area contributed by atoms with Gasteiger partial charge in [0.2, 0.25) is 5.91 Å². The summed E-state index contributed by atoms with van der Waals surface area (Å²) in [5.74, 6) is 1.24. The lowest BCUT2D eigenvalue weighted by atomic mass is 10.1. The predicted octanol–water partition coefficient (Wildman–Crippen LogP) is 6.79. The van der Waals surface area contributed by atoms with Gasteiger partial charge in [-0.05, 0) is 86.6 Å². The van der Waals surface area contributed by atoms with Crippen molar-refractivity contribution >= 4 is 55.1 Å². The summed E-state index contributed by atoms with van der Waals surface area (Å²) < 4.78 is 20.5. The number of ether oxygens (including phenoxy) is 1. The zero-order valence-corrected chi connectivity index (χ0v) is 24.6. The number of aryl methyl sites for hydroxylation is 1. The number of carbonyl (C=O) groups excluding carboxylic acids is 1. The van der Waals surface area contributed by atoms with E-state index in [4.69, 9.17) is 4.74 Å². The minimum atomic E-state index is -0.275. The maximum atomic E-state index is 13.5. The zero-order valence-electron chi connectivity index (χ0n) is 23.8. The van der Waals surface area contributed by atoms with E-state index in [1.165, 1.54) is 12.1 Å². The second kappa shape index (κ2) is 11.9. The van der Waals surface area contributed by atoms with Gasteiger partial charge in [0.15, 0.2) is 0 Å². The number of aromatic nitrogens is 2. The molecule has 1 amide bonds. The smallest absolute Gasteiger partial charge is 0.246 e. The van der Waals surface area contributed by atoms with E-state index in [2.05, 4.69) is 46.4 Å². The maximum Gasteiger partial charge on any atom is 0.246 e. The normalized spacial score (nSPS) is 15.4. The van der Waals surface area contributed by atoms with E-state index in [0.29, 0.717) is 12.6 Å². The second-order valence-corrected chi connectivity index (χ2v) is 11.8. The molecule has 214 valence electrons. The van der Waals surface area contributed by atoms with Gasteiger partial charge in [-0.15, -0.1) is 11.3 Å². The van der Waals surface area contributed by atoms with Crippen LogP contribution in [0, 0.1) is 12.7 Å². The number of hydrogen-bond donors (Lipinski definition) is 1. The molecule has 0 bridgehead atoms. The molecule has 6 rings (SSSR count). The van der Waals surface area contributed by atoms with Gasteiger partial charge >= 0.3 is 0 Å². The fraction of sp³-hybridized carbons (Fsp3) is 0.242. The lowest BCUT2D eigenvalue weighted by molar-refractivity contribution is -0.125. The fourth-order valence-corrected chi connectivity index (χ4v) is 6.36. The van der Waals surface area contributed by atoms with Crippen molar-refractivity contribution in [3.8, 4) is 5.75 Å². The number of fused-ring (bicyclic) bond motifs is 3. The zero-order chi connectivity index (χ0) is 29.2. The number of likely N-dealkylation sites (N-methyl/N-ethyl adjacent to an activating group) is 1. The Morgan fingerprint density at radius 3 is 2.83 bits per heavy atom. The van der Waals surface area contributed by atoms with Crippen LogP contribution in [-0.4, -0.2) is 58.9 Å². The topological polar surface area (TPSA) is 70.6 Å². The molecule has 0 aliphatic carbocycles. The third kappa shape index (κ3) is 5.98. The molecular formula is C33H32FN5O2S. The highest BCUT2D eigenvalue weighted by atomic mass is 32.1. The van der Waals surface area contributed by atoms with Crippen LogP contribution in [0.2, 0.25) is 0 Å². The second-order valence-electron chi connectivity index (χ2n) is 10.8. The SMILES string of the molecule is Cc1cc(Nc2ncnc3sc4cc(/C=C/C(=O)N5CC[C@H](N(C)C)C5)ccc4c23)ccc1OCc1cccc(F)c1. The molecular weight excluding hydrogens is 549 g/mol. The Bertz CT molecular complexity index is 1800. The molecule has 1 aliphatic rings. The molecule has 42 heavy (non-hydrogen) atoms. The molecule has 3 aromatic carbocycles. The van der Waals surface area contributed by atoms with Gasteiger partial charge in [0, 0.05) is 41.0 Å². The van der Waals surface area contributed by atoms with Crippen LogP contribution in [0.4, 0.5) is 15.9 Å². The molecule has 3 heterocycles. The predicted molar refractivity (Wildman–Crippen MR) is 168 cm³/mol. The summed E-state index contributed by atoms with van der Waals surface area (Å²) in [5.41, 5.74) is 3.58. The minimum absolute atomic E-state index is 0.0498. The number of amides is 1. The Kier molecular flexibility index (Phi) is 7.86. The number of nitrogens with one attached hydrogen (secondary N) is 1. The van der Waals surface area contributed by atoms with Crippen LogP contribution in [0.1, 0.15) is 23.1 Å². The monoisotopic (exact) mass is 581 g/mol. The highest BCUT2D eigenvalue weighted by Gasteiger charge is 2.26. The lowest BCUT2D eigenvalue weighted by Crippen LogP contribution is -2.33. The summed E-state index contributed by atoms with van der Waals surface area (Å²) in [6, 6.07) is 18.9. The van der Waals surface area contributed by atoms with Gasteiger partial charge in [0.25, 0.3) is 0 Å². The molecule has 7 nitrogen and oxygen atoms in total. The highest BCUT2D eigenvalue weighted by molar-refractivity contribution is 7.25. The van der Waals surface area contributed by atoms with E-state index in [1.807, 2.05) is 48.2 Å². The van der Waals surface area contributed by atoms with Crippen molar-refractivity contribution in [1.82, 2.24) is 19.8 Å². The number of halogens is 1. The summed E-state index contributed by atoms with van der Waals surface area (Å²) >= 11 is 1.60. The quantitative estimate of drug-likeness (QED) is 0.204. The molecule has 0 unspecified atom stereocenters. The number of thiophene rings is 1. The van der Waals surface area contributed by atoms with Crippen molar-refractivity contribution in [2.75, 3.05) is 32.5 Å². The molecule has 2 aromatic heterocycles. The summed E-state index contributed by atoms with van der Waals surface area (Å²) in [6.45, 7) is 3.83. The van der Waals surface area contributed by atoms with Crippen molar-refractivity contribution in [2.45, 2.75) is 26.0 Å². The summed E-state index contributed by atoms with van der Waals surface area (Å²) in [5, 5.41) is 5.47. The molecule has 1 saturated heterocycles. The van der Waals surface area contributed by atoms with Crippen LogP contribution in [0.25, 0.3) is 26.4 Å². The molecule has 1 atom stereocenters. The maximum absolute atomic E-state index is 13.5. The van der Waals surface area contributed by atoms with E-state index in [9.17, 15) is 9.18 Å². The summed E-state index contributed by atoms with van der Waals surface area (Å²) in [7, 11) is 4.12. The van der Waals surface area contributed by atoms with Crippen LogP contribution in [0.5, 0.6) is 5.75 Å². The van der Waals surface area contributed by atoms with Gasteiger partial charge < -0.3 is 19.9 Å². The van der Waals surface area contributed by atoms with Crippen LogP contribution in [-0.2, 0) is 11.4 Å². The van der Waals surface area contributed by atoms with Crippen LogP contribution in [0.3, 0.4) is 0 Å². The van der Waals surface area contributed by atoms with Gasteiger partial charge in [-0.25, -0.2) is 14.4 Å². The average Bonchev–Trinajstić information content (AvgIpc) is 3.61. The molecule has 0 radical (unpaired) electrons. The molecule has 1 aliphatic heterocycles. The molecule has 0 spiro atoms.